The lowest BCUT2D eigenvalue weighted by molar-refractivity contribution is -0.139. The van der Waals surface area contributed by atoms with E-state index in [1.165, 1.54) is 25.9 Å². The van der Waals surface area contributed by atoms with Crippen molar-refractivity contribution in [1.29, 1.82) is 0 Å². The summed E-state index contributed by atoms with van der Waals surface area (Å²) >= 11 is 0. The Bertz CT molecular complexity index is 245. The van der Waals surface area contributed by atoms with Crippen LogP contribution in [0.4, 0.5) is 0 Å². The summed E-state index contributed by atoms with van der Waals surface area (Å²) in [6, 6.07) is -0.297. The Hall–Kier alpha value is -0.610. The molecule has 0 aliphatic carbocycles. The van der Waals surface area contributed by atoms with Gasteiger partial charge < -0.3 is 15.3 Å². The minimum absolute atomic E-state index is 0.297. The first kappa shape index (κ1) is 10.9. The third-order valence-electron chi connectivity index (χ3n) is 3.68. The molecule has 15 heavy (non-hydrogen) atoms. The normalized spacial score (nSPS) is 37.3. The molecule has 2 N–H and O–H groups in total. The molecule has 0 aromatic rings. The summed E-state index contributed by atoms with van der Waals surface area (Å²) in [5.41, 5.74) is 0. The van der Waals surface area contributed by atoms with Crippen molar-refractivity contribution in [3.8, 4) is 0 Å². The number of rotatable bonds is 3. The summed E-state index contributed by atoms with van der Waals surface area (Å²) < 4.78 is 0. The van der Waals surface area contributed by atoms with Gasteiger partial charge in [-0.1, -0.05) is 0 Å². The lowest BCUT2D eigenvalue weighted by Crippen LogP contribution is -2.29. The van der Waals surface area contributed by atoms with Crippen LogP contribution in [0.15, 0.2) is 0 Å². The molecule has 2 aliphatic rings. The first-order chi connectivity index (χ1) is 7.15. The predicted octanol–water partition coefficient (Wildman–Crippen LogP) is 0.391. The molecule has 0 spiro atoms. The van der Waals surface area contributed by atoms with E-state index in [4.69, 9.17) is 5.11 Å². The molecule has 3 unspecified atom stereocenters. The van der Waals surface area contributed by atoms with Crippen molar-refractivity contribution >= 4 is 5.97 Å². The second-order valence-electron chi connectivity index (χ2n) is 5.05. The van der Waals surface area contributed by atoms with Crippen LogP contribution in [0.2, 0.25) is 0 Å². The summed E-state index contributed by atoms with van der Waals surface area (Å²) in [4.78, 5) is 13.1. The van der Waals surface area contributed by atoms with Crippen LogP contribution in [0, 0.1) is 11.8 Å². The summed E-state index contributed by atoms with van der Waals surface area (Å²) in [6.45, 7) is 3.28. The van der Waals surface area contributed by atoms with E-state index in [-0.39, 0.29) is 6.04 Å². The highest BCUT2D eigenvalue weighted by Crippen LogP contribution is 2.27. The van der Waals surface area contributed by atoms with Crippen LogP contribution in [-0.2, 0) is 4.79 Å². The van der Waals surface area contributed by atoms with Gasteiger partial charge in [0.05, 0.1) is 0 Å². The van der Waals surface area contributed by atoms with Crippen molar-refractivity contribution in [3.63, 3.8) is 0 Å². The number of hydrogen-bond donors (Lipinski definition) is 2. The first-order valence-corrected chi connectivity index (χ1v) is 5.80. The van der Waals surface area contributed by atoms with Crippen molar-refractivity contribution in [2.75, 3.05) is 26.7 Å². The van der Waals surface area contributed by atoms with Crippen molar-refractivity contribution < 1.29 is 9.90 Å². The second kappa shape index (κ2) is 4.49. The second-order valence-corrected chi connectivity index (χ2v) is 5.05. The number of carboxylic acid groups (broad SMARTS) is 1. The van der Waals surface area contributed by atoms with Gasteiger partial charge in [-0.2, -0.15) is 0 Å². The SMILES string of the molecule is CN1CCC(CC2CNC(C(=O)O)C2)C1. The third-order valence-corrected chi connectivity index (χ3v) is 3.68. The average molecular weight is 212 g/mol. The molecule has 0 radical (unpaired) electrons. The molecule has 0 saturated carbocycles. The highest BCUT2D eigenvalue weighted by Gasteiger charge is 2.31. The maximum atomic E-state index is 10.8. The van der Waals surface area contributed by atoms with Crippen LogP contribution in [0.5, 0.6) is 0 Å². The fourth-order valence-corrected chi connectivity index (χ4v) is 2.87. The molecule has 2 fully saturated rings. The molecule has 3 atom stereocenters. The topological polar surface area (TPSA) is 52.6 Å². The lowest BCUT2D eigenvalue weighted by atomic mass is 9.92. The largest absolute Gasteiger partial charge is 0.480 e. The van der Waals surface area contributed by atoms with Crippen LogP contribution < -0.4 is 5.32 Å². The lowest BCUT2D eigenvalue weighted by Gasteiger charge is -2.14. The number of likely N-dealkylation sites (tertiary alicyclic amines) is 1. The fraction of sp³-hybridized carbons (Fsp3) is 0.909. The van der Waals surface area contributed by atoms with Gasteiger partial charge >= 0.3 is 5.97 Å². The summed E-state index contributed by atoms with van der Waals surface area (Å²) in [7, 11) is 2.16. The first-order valence-electron chi connectivity index (χ1n) is 5.80. The van der Waals surface area contributed by atoms with Gasteiger partial charge in [0.25, 0.3) is 0 Å². The Morgan fingerprint density at radius 2 is 2.33 bits per heavy atom. The zero-order valence-corrected chi connectivity index (χ0v) is 9.28. The fourth-order valence-electron chi connectivity index (χ4n) is 2.87. The van der Waals surface area contributed by atoms with E-state index in [1.807, 2.05) is 0 Å². The molecular formula is C11H20N2O2. The Morgan fingerprint density at radius 1 is 1.53 bits per heavy atom. The third kappa shape index (κ3) is 2.69. The smallest absolute Gasteiger partial charge is 0.320 e. The molecule has 86 valence electrons. The maximum absolute atomic E-state index is 10.8. The van der Waals surface area contributed by atoms with Crippen LogP contribution in [-0.4, -0.2) is 48.7 Å². The van der Waals surface area contributed by atoms with Gasteiger partial charge in [-0.15, -0.1) is 0 Å². The zero-order valence-electron chi connectivity index (χ0n) is 9.28. The molecule has 0 aromatic carbocycles. The van der Waals surface area contributed by atoms with E-state index in [1.54, 1.807) is 0 Å². The van der Waals surface area contributed by atoms with Gasteiger partial charge in [-0.25, -0.2) is 0 Å². The summed E-state index contributed by atoms with van der Waals surface area (Å²) in [5.74, 6) is 0.665. The number of nitrogens with one attached hydrogen (secondary N) is 1. The van der Waals surface area contributed by atoms with Gasteiger partial charge in [-0.05, 0) is 51.2 Å². The Morgan fingerprint density at radius 3 is 2.87 bits per heavy atom. The Kier molecular flexibility index (Phi) is 3.26. The highest BCUT2D eigenvalue weighted by molar-refractivity contribution is 5.73. The average Bonchev–Trinajstić information content (AvgIpc) is 2.76. The van der Waals surface area contributed by atoms with Gasteiger partial charge in [0, 0.05) is 6.54 Å². The van der Waals surface area contributed by atoms with Crippen LogP contribution >= 0.6 is 0 Å². The molecule has 4 heteroatoms. The van der Waals surface area contributed by atoms with Gasteiger partial charge in [0.2, 0.25) is 0 Å². The molecule has 0 bridgehead atoms. The zero-order chi connectivity index (χ0) is 10.8. The maximum Gasteiger partial charge on any atom is 0.320 e. The molecule has 2 aliphatic heterocycles. The van der Waals surface area contributed by atoms with Crippen LogP contribution in [0.3, 0.4) is 0 Å². The predicted molar refractivity (Wildman–Crippen MR) is 57.8 cm³/mol. The molecule has 2 heterocycles. The van der Waals surface area contributed by atoms with E-state index in [9.17, 15) is 4.79 Å². The van der Waals surface area contributed by atoms with Crippen molar-refractivity contribution in [3.05, 3.63) is 0 Å². The number of hydrogen-bond acceptors (Lipinski definition) is 3. The minimum Gasteiger partial charge on any atom is -0.480 e. The summed E-state index contributed by atoms with van der Waals surface area (Å²) in [5, 5.41) is 11.9. The minimum atomic E-state index is -0.693. The van der Waals surface area contributed by atoms with Crippen LogP contribution in [0.25, 0.3) is 0 Å². The summed E-state index contributed by atoms with van der Waals surface area (Å²) in [6.07, 6.45) is 3.29. The van der Waals surface area contributed by atoms with Crippen molar-refractivity contribution in [2.24, 2.45) is 11.8 Å². The Balaban J connectivity index is 1.75. The van der Waals surface area contributed by atoms with E-state index >= 15 is 0 Å². The van der Waals surface area contributed by atoms with Crippen molar-refractivity contribution in [2.45, 2.75) is 25.3 Å². The van der Waals surface area contributed by atoms with Crippen LogP contribution in [0.1, 0.15) is 19.3 Å². The molecule has 4 nitrogen and oxygen atoms in total. The molecule has 2 saturated heterocycles. The number of nitrogens with zero attached hydrogens (tertiary/aromatic N) is 1. The number of aliphatic carboxylic acids is 1. The number of carboxylic acids is 1. The molecule has 0 amide bonds. The van der Waals surface area contributed by atoms with Gasteiger partial charge in [0.1, 0.15) is 6.04 Å². The highest BCUT2D eigenvalue weighted by atomic mass is 16.4. The van der Waals surface area contributed by atoms with Gasteiger partial charge in [0.15, 0.2) is 0 Å². The molecule has 0 aromatic heterocycles. The van der Waals surface area contributed by atoms with Gasteiger partial charge in [-0.3, -0.25) is 4.79 Å². The van der Waals surface area contributed by atoms with E-state index in [0.29, 0.717) is 5.92 Å². The van der Waals surface area contributed by atoms with E-state index in [2.05, 4.69) is 17.3 Å². The van der Waals surface area contributed by atoms with E-state index < -0.39 is 5.97 Å². The Labute approximate surface area is 90.6 Å². The van der Waals surface area contributed by atoms with E-state index in [0.717, 1.165) is 18.9 Å². The quantitative estimate of drug-likeness (QED) is 0.710. The number of carbonyl (C=O) groups is 1. The standard InChI is InChI=1S/C11H20N2O2/c1-13-3-2-8(7-13)4-9-5-10(11(14)15)12-6-9/h8-10,12H,2-7H2,1H3,(H,14,15). The molecule has 2 rings (SSSR count). The molecular weight excluding hydrogens is 192 g/mol. The van der Waals surface area contributed by atoms with Crippen molar-refractivity contribution in [1.82, 2.24) is 10.2 Å². The monoisotopic (exact) mass is 212 g/mol.